The molecule has 0 unspecified atom stereocenters. The van der Waals surface area contributed by atoms with Crippen LogP contribution in [-0.2, 0) is 17.9 Å². The van der Waals surface area contributed by atoms with E-state index in [4.69, 9.17) is 4.84 Å². The number of nitrogens with zero attached hydrogens (tertiary/aromatic N) is 1. The molecule has 0 saturated heterocycles. The molecular weight excluding hydrogens is 272 g/mol. The molecule has 0 bridgehead atoms. The van der Waals surface area contributed by atoms with Crippen LogP contribution in [0.5, 0.6) is 0 Å². The summed E-state index contributed by atoms with van der Waals surface area (Å²) >= 11 is 0. The second-order valence-electron chi connectivity index (χ2n) is 4.53. The van der Waals surface area contributed by atoms with Crippen molar-refractivity contribution >= 4 is 6.21 Å². The lowest BCUT2D eigenvalue weighted by Gasteiger charge is -2.04. The number of rotatable bonds is 6. The van der Waals surface area contributed by atoms with Gasteiger partial charge in [0, 0.05) is 11.1 Å². The summed E-state index contributed by atoms with van der Waals surface area (Å²) in [5.74, 6) is 0. The molecule has 2 nitrogen and oxygen atoms in total. The molecule has 0 N–H and O–H groups in total. The van der Waals surface area contributed by atoms with Crippen LogP contribution in [0.1, 0.15) is 35.6 Å². The van der Waals surface area contributed by atoms with Crippen LogP contribution in [-0.4, -0.2) is 6.21 Å². The van der Waals surface area contributed by atoms with Gasteiger partial charge in [-0.1, -0.05) is 54.5 Å². The number of benzene rings is 2. The van der Waals surface area contributed by atoms with Crippen molar-refractivity contribution in [2.24, 2.45) is 5.16 Å². The molecule has 0 fully saturated rings. The highest BCUT2D eigenvalue weighted by Crippen LogP contribution is 2.19. The highest BCUT2D eigenvalue weighted by atomic mass is 19.3. The van der Waals surface area contributed by atoms with Gasteiger partial charge in [0.1, 0.15) is 12.8 Å². The van der Waals surface area contributed by atoms with Gasteiger partial charge in [-0.3, -0.25) is 0 Å². The summed E-state index contributed by atoms with van der Waals surface area (Å²) < 4.78 is 25.1. The van der Waals surface area contributed by atoms with Crippen molar-refractivity contribution in [2.75, 3.05) is 0 Å². The summed E-state index contributed by atoms with van der Waals surface area (Å²) in [6, 6.07) is 13.9. The lowest BCUT2D eigenvalue weighted by Crippen LogP contribution is -1.93. The van der Waals surface area contributed by atoms with E-state index in [1.54, 1.807) is 12.1 Å². The Morgan fingerprint density at radius 1 is 1.14 bits per heavy atom. The normalized spacial score (nSPS) is 11.2. The zero-order valence-corrected chi connectivity index (χ0v) is 11.7. The molecular formula is C17H16F2NO. The van der Waals surface area contributed by atoms with Gasteiger partial charge in [0.05, 0.1) is 0 Å². The Kier molecular flexibility index (Phi) is 5.43. The van der Waals surface area contributed by atoms with E-state index >= 15 is 0 Å². The second kappa shape index (κ2) is 7.53. The zero-order valence-electron chi connectivity index (χ0n) is 11.7. The second-order valence-corrected chi connectivity index (χ2v) is 4.53. The van der Waals surface area contributed by atoms with Gasteiger partial charge < -0.3 is 4.84 Å². The van der Waals surface area contributed by atoms with E-state index in [-0.39, 0.29) is 12.2 Å². The standard InChI is InChI=1S/C17H16F2NO/c1-2-14-7-3-4-8-16(14)11-20-21-12-13-6-5-9-15(10-13)17(18)19/h3-10,17H,2,12H2,1H3. The van der Waals surface area contributed by atoms with Crippen molar-refractivity contribution in [3.63, 3.8) is 0 Å². The lowest BCUT2D eigenvalue weighted by atomic mass is 10.1. The monoisotopic (exact) mass is 288 g/mol. The molecule has 2 aromatic rings. The van der Waals surface area contributed by atoms with E-state index < -0.39 is 6.43 Å². The van der Waals surface area contributed by atoms with Crippen molar-refractivity contribution in [2.45, 2.75) is 26.4 Å². The molecule has 0 saturated carbocycles. The van der Waals surface area contributed by atoms with Gasteiger partial charge in [-0.15, -0.1) is 0 Å². The SMILES string of the molecule is CCc1ccccc1/[C]=N\OCc1cccc(C(F)F)c1. The van der Waals surface area contributed by atoms with Crippen LogP contribution in [0.15, 0.2) is 53.7 Å². The predicted octanol–water partition coefficient (Wildman–Crippen LogP) is 4.61. The first-order valence-corrected chi connectivity index (χ1v) is 6.73. The summed E-state index contributed by atoms with van der Waals surface area (Å²) in [4.78, 5) is 5.13. The molecule has 2 aromatic carbocycles. The van der Waals surface area contributed by atoms with Crippen LogP contribution in [0.4, 0.5) is 8.78 Å². The maximum Gasteiger partial charge on any atom is 0.263 e. The Morgan fingerprint density at radius 2 is 1.95 bits per heavy atom. The Morgan fingerprint density at radius 3 is 2.71 bits per heavy atom. The van der Waals surface area contributed by atoms with Gasteiger partial charge >= 0.3 is 0 Å². The Hall–Kier alpha value is -2.23. The van der Waals surface area contributed by atoms with E-state index in [0.717, 1.165) is 17.5 Å². The molecule has 21 heavy (non-hydrogen) atoms. The minimum absolute atomic E-state index is 0.0135. The molecule has 0 spiro atoms. The Labute approximate surface area is 123 Å². The summed E-state index contributed by atoms with van der Waals surface area (Å²) in [5.41, 5.74) is 2.65. The Balaban J connectivity index is 1.95. The average molecular weight is 288 g/mol. The average Bonchev–Trinajstić information content (AvgIpc) is 2.52. The van der Waals surface area contributed by atoms with E-state index in [2.05, 4.69) is 18.3 Å². The number of aryl methyl sites for hydroxylation is 1. The van der Waals surface area contributed by atoms with Crippen LogP contribution in [0.3, 0.4) is 0 Å². The largest absolute Gasteiger partial charge is 0.390 e. The molecule has 2 rings (SSSR count). The fourth-order valence-electron chi connectivity index (χ4n) is 1.94. The lowest BCUT2D eigenvalue weighted by molar-refractivity contribution is 0.130. The van der Waals surface area contributed by atoms with E-state index in [0.29, 0.717) is 5.56 Å². The van der Waals surface area contributed by atoms with E-state index in [1.807, 2.05) is 24.3 Å². The molecule has 0 heterocycles. The predicted molar refractivity (Wildman–Crippen MR) is 78.5 cm³/mol. The van der Waals surface area contributed by atoms with Crippen molar-refractivity contribution in [1.82, 2.24) is 0 Å². The molecule has 1 radical (unpaired) electrons. The summed E-state index contributed by atoms with van der Waals surface area (Å²) in [5, 5.41) is 3.78. The van der Waals surface area contributed by atoms with Crippen LogP contribution in [0.25, 0.3) is 0 Å². The van der Waals surface area contributed by atoms with E-state index in [1.165, 1.54) is 12.1 Å². The minimum Gasteiger partial charge on any atom is -0.390 e. The smallest absolute Gasteiger partial charge is 0.263 e. The van der Waals surface area contributed by atoms with Gasteiger partial charge in [0.15, 0.2) is 0 Å². The minimum atomic E-state index is -2.48. The Bertz CT molecular complexity index is 611. The third-order valence-electron chi connectivity index (χ3n) is 3.06. The van der Waals surface area contributed by atoms with Gasteiger partial charge in [0.2, 0.25) is 0 Å². The number of hydrogen-bond donors (Lipinski definition) is 0. The number of alkyl halides is 2. The quantitative estimate of drug-likeness (QED) is 0.561. The first kappa shape index (κ1) is 15.2. The van der Waals surface area contributed by atoms with Gasteiger partial charge in [-0.2, -0.15) is 0 Å². The third-order valence-corrected chi connectivity index (χ3v) is 3.06. The van der Waals surface area contributed by atoms with Gasteiger partial charge in [0.25, 0.3) is 6.43 Å². The topological polar surface area (TPSA) is 21.6 Å². The summed E-state index contributed by atoms with van der Waals surface area (Å²) in [6.07, 6.45) is 1.23. The molecule has 0 aromatic heterocycles. The molecule has 0 aliphatic rings. The molecule has 0 aliphatic heterocycles. The maximum atomic E-state index is 12.6. The molecule has 109 valence electrons. The molecule has 0 amide bonds. The van der Waals surface area contributed by atoms with Crippen LogP contribution >= 0.6 is 0 Å². The fraction of sp³-hybridized carbons (Fsp3) is 0.235. The molecule has 4 heteroatoms. The summed E-state index contributed by atoms with van der Waals surface area (Å²) in [7, 11) is 0. The number of halogens is 2. The number of hydrogen-bond acceptors (Lipinski definition) is 2. The third kappa shape index (κ3) is 4.38. The van der Waals surface area contributed by atoms with Crippen LogP contribution < -0.4 is 0 Å². The van der Waals surface area contributed by atoms with Crippen molar-refractivity contribution < 1.29 is 13.6 Å². The van der Waals surface area contributed by atoms with Crippen LogP contribution in [0.2, 0.25) is 0 Å². The first-order valence-electron chi connectivity index (χ1n) is 6.73. The highest BCUT2D eigenvalue weighted by Gasteiger charge is 2.06. The van der Waals surface area contributed by atoms with E-state index in [9.17, 15) is 8.78 Å². The van der Waals surface area contributed by atoms with Crippen molar-refractivity contribution in [1.29, 1.82) is 0 Å². The highest BCUT2D eigenvalue weighted by molar-refractivity contribution is 5.81. The zero-order chi connectivity index (χ0) is 15.1. The van der Waals surface area contributed by atoms with Gasteiger partial charge in [-0.25, -0.2) is 8.78 Å². The summed E-state index contributed by atoms with van der Waals surface area (Å²) in [6.45, 7) is 2.19. The van der Waals surface area contributed by atoms with Crippen molar-refractivity contribution in [3.05, 3.63) is 70.8 Å². The maximum absolute atomic E-state index is 12.6. The molecule has 0 atom stereocenters. The first-order chi connectivity index (χ1) is 10.2. The van der Waals surface area contributed by atoms with Crippen molar-refractivity contribution in [3.8, 4) is 0 Å². The van der Waals surface area contributed by atoms with Gasteiger partial charge in [-0.05, 0) is 23.6 Å². The van der Waals surface area contributed by atoms with Crippen LogP contribution in [0, 0.1) is 0 Å². The fourth-order valence-corrected chi connectivity index (χ4v) is 1.94. The molecule has 0 aliphatic carbocycles.